The summed E-state index contributed by atoms with van der Waals surface area (Å²) in [6, 6.07) is 14.1. The Bertz CT molecular complexity index is 972. The molecular weight excluding hydrogens is 360 g/mol. The lowest BCUT2D eigenvalue weighted by Crippen LogP contribution is -2.34. The summed E-state index contributed by atoms with van der Waals surface area (Å²) < 4.78 is 2.12. The number of hydrogen-bond donors (Lipinski definition) is 1. The van der Waals surface area contributed by atoms with Crippen molar-refractivity contribution in [2.24, 2.45) is 5.92 Å². The van der Waals surface area contributed by atoms with E-state index in [1.807, 2.05) is 23.1 Å². The number of anilines is 2. The molecule has 1 amide bonds. The van der Waals surface area contributed by atoms with Gasteiger partial charge in [0.05, 0.1) is 11.0 Å². The van der Waals surface area contributed by atoms with Crippen LogP contribution in [0.15, 0.2) is 42.5 Å². The van der Waals surface area contributed by atoms with Crippen LogP contribution in [0, 0.1) is 12.8 Å². The lowest BCUT2D eigenvalue weighted by atomic mass is 10.1. The Morgan fingerprint density at radius 2 is 1.86 bits per heavy atom. The van der Waals surface area contributed by atoms with Crippen LogP contribution in [0.2, 0.25) is 0 Å². The van der Waals surface area contributed by atoms with Gasteiger partial charge < -0.3 is 14.8 Å². The first-order valence-corrected chi connectivity index (χ1v) is 10.6. The number of nitrogens with one attached hydrogen (secondary N) is 1. The van der Waals surface area contributed by atoms with Crippen molar-refractivity contribution in [3.05, 3.63) is 53.6 Å². The van der Waals surface area contributed by atoms with Crippen LogP contribution in [0.5, 0.6) is 0 Å². The molecule has 0 saturated carbocycles. The summed E-state index contributed by atoms with van der Waals surface area (Å²) in [6.45, 7) is 12.9. The summed E-state index contributed by atoms with van der Waals surface area (Å²) in [6.07, 6.45) is 0.957. The lowest BCUT2D eigenvalue weighted by Gasteiger charge is -2.24. The smallest absolute Gasteiger partial charge is 0.253 e. The second-order valence-electron chi connectivity index (χ2n) is 8.02. The molecule has 5 heteroatoms. The number of nitrogens with zero attached hydrogens (tertiary/aromatic N) is 3. The number of aromatic nitrogens is 2. The van der Waals surface area contributed by atoms with Crippen LogP contribution in [0.1, 0.15) is 50.0 Å². The molecule has 0 atom stereocenters. The van der Waals surface area contributed by atoms with Gasteiger partial charge in [-0.1, -0.05) is 38.5 Å². The Hall–Kier alpha value is -2.82. The summed E-state index contributed by atoms with van der Waals surface area (Å²) in [5, 5.41) is 3.41. The van der Waals surface area contributed by atoms with E-state index >= 15 is 0 Å². The average molecular weight is 393 g/mol. The second-order valence-corrected chi connectivity index (χ2v) is 8.02. The van der Waals surface area contributed by atoms with Gasteiger partial charge in [0.25, 0.3) is 5.91 Å². The van der Waals surface area contributed by atoms with Crippen LogP contribution < -0.4 is 5.32 Å². The van der Waals surface area contributed by atoms with Crippen LogP contribution in [-0.2, 0) is 6.54 Å². The molecule has 154 valence electrons. The predicted octanol–water partition coefficient (Wildman–Crippen LogP) is 5.62. The van der Waals surface area contributed by atoms with Crippen molar-refractivity contribution in [3.63, 3.8) is 0 Å². The van der Waals surface area contributed by atoms with Crippen LogP contribution in [0.25, 0.3) is 11.0 Å². The van der Waals surface area contributed by atoms with Gasteiger partial charge in [-0.2, -0.15) is 0 Å². The van der Waals surface area contributed by atoms with Gasteiger partial charge in [-0.15, -0.1) is 0 Å². The molecule has 1 aromatic heterocycles. The number of aryl methyl sites for hydroxylation is 2. The Kier molecular flexibility index (Phi) is 6.57. The number of fused-ring (bicyclic) bond motifs is 1. The van der Waals surface area contributed by atoms with Crippen LogP contribution in [-0.4, -0.2) is 33.4 Å². The zero-order chi connectivity index (χ0) is 21.0. The van der Waals surface area contributed by atoms with E-state index in [1.54, 1.807) is 0 Å². The maximum atomic E-state index is 13.1. The van der Waals surface area contributed by atoms with Gasteiger partial charge in [0.1, 0.15) is 0 Å². The number of imidazole rings is 1. The largest absolute Gasteiger partial charge is 0.338 e. The minimum Gasteiger partial charge on any atom is -0.338 e. The van der Waals surface area contributed by atoms with Crippen molar-refractivity contribution in [2.45, 2.75) is 47.6 Å². The number of carbonyl (C=O) groups excluding carboxylic acids is 1. The minimum absolute atomic E-state index is 0.0966. The molecule has 3 rings (SSSR count). The normalized spacial score (nSPS) is 11.2. The number of amides is 1. The number of hydrogen-bond acceptors (Lipinski definition) is 3. The minimum atomic E-state index is 0.0966. The Morgan fingerprint density at radius 3 is 2.48 bits per heavy atom. The highest BCUT2D eigenvalue weighted by molar-refractivity contribution is 5.98. The molecule has 0 aliphatic rings. The zero-order valence-corrected chi connectivity index (χ0v) is 18.2. The quantitative estimate of drug-likeness (QED) is 0.541. The fourth-order valence-electron chi connectivity index (χ4n) is 3.61. The van der Waals surface area contributed by atoms with Crippen molar-refractivity contribution in [1.82, 2.24) is 14.5 Å². The molecule has 0 aliphatic carbocycles. The van der Waals surface area contributed by atoms with Crippen molar-refractivity contribution < 1.29 is 4.79 Å². The third-order valence-electron chi connectivity index (χ3n) is 4.99. The van der Waals surface area contributed by atoms with Gasteiger partial charge >= 0.3 is 0 Å². The van der Waals surface area contributed by atoms with Crippen molar-refractivity contribution in [3.8, 4) is 0 Å². The summed E-state index contributed by atoms with van der Waals surface area (Å²) in [7, 11) is 0. The van der Waals surface area contributed by atoms with E-state index in [9.17, 15) is 4.79 Å². The molecule has 0 radical (unpaired) electrons. The third kappa shape index (κ3) is 4.78. The van der Waals surface area contributed by atoms with Gasteiger partial charge in [-0.05, 0) is 56.5 Å². The molecule has 5 nitrogen and oxygen atoms in total. The van der Waals surface area contributed by atoms with Crippen molar-refractivity contribution in [1.29, 1.82) is 0 Å². The molecule has 3 aromatic rings. The van der Waals surface area contributed by atoms with E-state index in [4.69, 9.17) is 4.98 Å². The molecule has 29 heavy (non-hydrogen) atoms. The molecule has 0 bridgehead atoms. The third-order valence-corrected chi connectivity index (χ3v) is 4.99. The van der Waals surface area contributed by atoms with Gasteiger partial charge in [0, 0.05) is 30.9 Å². The highest BCUT2D eigenvalue weighted by Gasteiger charge is 2.18. The first kappa shape index (κ1) is 20.9. The van der Waals surface area contributed by atoms with E-state index in [2.05, 4.69) is 68.8 Å². The Morgan fingerprint density at radius 1 is 1.14 bits per heavy atom. The lowest BCUT2D eigenvalue weighted by molar-refractivity contribution is 0.0736. The maximum absolute atomic E-state index is 13.1. The summed E-state index contributed by atoms with van der Waals surface area (Å²) in [5.74, 6) is 1.34. The molecule has 2 aromatic carbocycles. The number of carbonyl (C=O) groups is 1. The van der Waals surface area contributed by atoms with Gasteiger partial charge in [-0.3, -0.25) is 4.79 Å². The van der Waals surface area contributed by atoms with E-state index < -0.39 is 0 Å². The number of rotatable bonds is 8. The van der Waals surface area contributed by atoms with E-state index in [-0.39, 0.29) is 5.91 Å². The Balaban J connectivity index is 1.94. The Labute approximate surface area is 173 Å². The van der Waals surface area contributed by atoms with Gasteiger partial charge in [0.15, 0.2) is 0 Å². The van der Waals surface area contributed by atoms with Crippen LogP contribution in [0.3, 0.4) is 0 Å². The molecule has 0 saturated heterocycles. The van der Waals surface area contributed by atoms with Crippen molar-refractivity contribution >= 4 is 28.6 Å². The second kappa shape index (κ2) is 9.12. The van der Waals surface area contributed by atoms with Crippen LogP contribution >= 0.6 is 0 Å². The fourth-order valence-corrected chi connectivity index (χ4v) is 3.61. The summed E-state index contributed by atoms with van der Waals surface area (Å²) in [4.78, 5) is 19.8. The molecule has 0 spiro atoms. The van der Waals surface area contributed by atoms with E-state index in [1.165, 1.54) is 5.56 Å². The highest BCUT2D eigenvalue weighted by atomic mass is 16.2. The first-order chi connectivity index (χ1) is 13.9. The monoisotopic (exact) mass is 392 g/mol. The average Bonchev–Trinajstić information content (AvgIpc) is 3.04. The standard InChI is InChI=1S/C24H32N4O/c1-6-14-27(16-17(3)4)23(29)19-10-13-21-22(15-19)28(7-2)24(26-21)25-20-11-8-18(5)9-12-20/h8-13,15,17H,6-7,14,16H2,1-5H3,(H,25,26). The van der Waals surface area contributed by atoms with E-state index in [0.717, 1.165) is 54.3 Å². The molecule has 0 aliphatic heterocycles. The fraction of sp³-hybridized carbons (Fsp3) is 0.417. The van der Waals surface area contributed by atoms with Crippen molar-refractivity contribution in [2.75, 3.05) is 18.4 Å². The molecule has 1 heterocycles. The first-order valence-electron chi connectivity index (χ1n) is 10.6. The van der Waals surface area contributed by atoms with Gasteiger partial charge in [-0.25, -0.2) is 4.98 Å². The summed E-state index contributed by atoms with van der Waals surface area (Å²) >= 11 is 0. The molecular formula is C24H32N4O. The zero-order valence-electron chi connectivity index (χ0n) is 18.2. The predicted molar refractivity (Wildman–Crippen MR) is 121 cm³/mol. The molecule has 0 unspecified atom stereocenters. The summed E-state index contributed by atoms with van der Waals surface area (Å²) in [5.41, 5.74) is 4.82. The topological polar surface area (TPSA) is 50.2 Å². The van der Waals surface area contributed by atoms with Gasteiger partial charge in [0.2, 0.25) is 5.95 Å². The number of benzene rings is 2. The van der Waals surface area contributed by atoms with Crippen LogP contribution in [0.4, 0.5) is 11.6 Å². The highest BCUT2D eigenvalue weighted by Crippen LogP contribution is 2.25. The molecule has 1 N–H and O–H groups in total. The van der Waals surface area contributed by atoms with E-state index in [0.29, 0.717) is 5.92 Å². The molecule has 0 fully saturated rings. The SMILES string of the molecule is CCCN(CC(C)C)C(=O)c1ccc2nc(Nc3ccc(C)cc3)n(CC)c2c1. The maximum Gasteiger partial charge on any atom is 0.253 e.